The highest BCUT2D eigenvalue weighted by molar-refractivity contribution is 5.85. The summed E-state index contributed by atoms with van der Waals surface area (Å²) >= 11 is 0. The predicted molar refractivity (Wildman–Crippen MR) is 138 cm³/mol. The van der Waals surface area contributed by atoms with E-state index in [4.69, 9.17) is 16.2 Å². The fourth-order valence-corrected chi connectivity index (χ4v) is 3.38. The number of aromatic nitrogens is 1. The summed E-state index contributed by atoms with van der Waals surface area (Å²) in [5.41, 5.74) is 2.28. The Morgan fingerprint density at radius 3 is 1.52 bits per heavy atom. The SMILES string of the molecule is Cl.FC(F)(F)c1cccc(Cc2cccnc2)c1.O=C=O.[C-]#[N+]c1ccc(Cc2cccc(C(F)(F)F)c2)cc1. The second-order valence-electron chi connectivity index (χ2n) is 7.97. The number of hydrogen-bond acceptors (Lipinski definition) is 3. The molecule has 3 aromatic carbocycles. The molecule has 0 saturated carbocycles. The Balaban J connectivity index is 0.000000358. The summed E-state index contributed by atoms with van der Waals surface area (Å²) in [5, 5.41) is 0. The van der Waals surface area contributed by atoms with E-state index in [-0.39, 0.29) is 18.6 Å². The average molecular weight is 579 g/mol. The molecule has 208 valence electrons. The fourth-order valence-electron chi connectivity index (χ4n) is 3.38. The fraction of sp³-hybridized carbons (Fsp3) is 0.138. The molecule has 0 aliphatic carbocycles. The molecule has 4 aromatic rings. The highest BCUT2D eigenvalue weighted by atomic mass is 35.5. The maximum atomic E-state index is 12.6. The van der Waals surface area contributed by atoms with Crippen molar-refractivity contribution >= 4 is 24.2 Å². The molecule has 1 aromatic heterocycles. The van der Waals surface area contributed by atoms with E-state index in [0.717, 1.165) is 29.3 Å². The number of hydrogen-bond donors (Lipinski definition) is 0. The van der Waals surface area contributed by atoms with Gasteiger partial charge >= 0.3 is 18.5 Å². The third-order valence-electron chi connectivity index (χ3n) is 5.11. The molecule has 0 spiro atoms. The van der Waals surface area contributed by atoms with Gasteiger partial charge in [0.15, 0.2) is 5.69 Å². The van der Waals surface area contributed by atoms with Gasteiger partial charge in [0.05, 0.1) is 17.7 Å². The van der Waals surface area contributed by atoms with Crippen LogP contribution in [-0.4, -0.2) is 11.1 Å². The first-order chi connectivity index (χ1) is 18.5. The molecule has 0 unspecified atom stereocenters. The van der Waals surface area contributed by atoms with E-state index < -0.39 is 23.5 Å². The van der Waals surface area contributed by atoms with E-state index in [0.29, 0.717) is 29.7 Å². The molecule has 0 fully saturated rings. The van der Waals surface area contributed by atoms with Crippen LogP contribution in [0.1, 0.15) is 33.4 Å². The van der Waals surface area contributed by atoms with Crippen LogP contribution < -0.4 is 0 Å². The summed E-state index contributed by atoms with van der Waals surface area (Å²) < 4.78 is 75.2. The Bertz CT molecular complexity index is 1410. The molecule has 0 amide bonds. The van der Waals surface area contributed by atoms with Crippen molar-refractivity contribution in [2.45, 2.75) is 25.2 Å². The third-order valence-corrected chi connectivity index (χ3v) is 5.11. The number of carbonyl (C=O) groups excluding carboxylic acids is 2. The molecule has 0 saturated heterocycles. The van der Waals surface area contributed by atoms with Crippen molar-refractivity contribution in [1.29, 1.82) is 0 Å². The first-order valence-corrected chi connectivity index (χ1v) is 11.1. The van der Waals surface area contributed by atoms with Crippen molar-refractivity contribution in [1.82, 2.24) is 4.98 Å². The highest BCUT2D eigenvalue weighted by Crippen LogP contribution is 2.31. The largest absolute Gasteiger partial charge is 0.416 e. The Morgan fingerprint density at radius 2 is 1.12 bits per heavy atom. The van der Waals surface area contributed by atoms with Gasteiger partial charge in [-0.15, -0.1) is 12.4 Å². The van der Waals surface area contributed by atoms with Crippen LogP contribution in [0.15, 0.2) is 97.3 Å². The molecule has 4 rings (SSSR count). The lowest BCUT2D eigenvalue weighted by molar-refractivity contribution is -0.191. The lowest BCUT2D eigenvalue weighted by Crippen LogP contribution is -2.05. The van der Waals surface area contributed by atoms with Gasteiger partial charge in [-0.3, -0.25) is 4.98 Å². The zero-order valence-corrected chi connectivity index (χ0v) is 21.4. The molecule has 0 aliphatic rings. The van der Waals surface area contributed by atoms with Gasteiger partial charge < -0.3 is 0 Å². The number of rotatable bonds is 4. The van der Waals surface area contributed by atoms with E-state index >= 15 is 0 Å². The van der Waals surface area contributed by atoms with E-state index in [1.807, 2.05) is 6.07 Å². The van der Waals surface area contributed by atoms with E-state index in [2.05, 4.69) is 9.83 Å². The van der Waals surface area contributed by atoms with Crippen LogP contribution in [0.4, 0.5) is 32.0 Å². The van der Waals surface area contributed by atoms with E-state index in [1.54, 1.807) is 54.9 Å². The minimum Gasteiger partial charge on any atom is -0.264 e. The summed E-state index contributed by atoms with van der Waals surface area (Å²) in [6.07, 6.45) is -4.19. The molecule has 40 heavy (non-hydrogen) atoms. The van der Waals surface area contributed by atoms with Crippen LogP contribution in [0.2, 0.25) is 0 Å². The molecule has 11 heteroatoms. The summed E-state index contributed by atoms with van der Waals surface area (Å²) in [6, 6.07) is 21.1. The number of pyridine rings is 1. The first kappa shape index (κ1) is 33.6. The Hall–Kier alpha value is -4.45. The number of alkyl halides is 6. The van der Waals surface area contributed by atoms with Crippen LogP contribution in [-0.2, 0) is 34.8 Å². The zero-order chi connectivity index (χ0) is 28.9. The smallest absolute Gasteiger partial charge is 0.264 e. The van der Waals surface area contributed by atoms with Gasteiger partial charge in [0.2, 0.25) is 0 Å². The quantitative estimate of drug-likeness (QED) is 0.181. The van der Waals surface area contributed by atoms with Gasteiger partial charge in [0, 0.05) is 12.4 Å². The summed E-state index contributed by atoms with van der Waals surface area (Å²) in [5.74, 6) is 0. The van der Waals surface area contributed by atoms with Crippen molar-refractivity contribution < 1.29 is 35.9 Å². The number of halogens is 7. The maximum Gasteiger partial charge on any atom is 0.416 e. The minimum atomic E-state index is -4.32. The van der Waals surface area contributed by atoms with Gasteiger partial charge in [-0.1, -0.05) is 66.7 Å². The van der Waals surface area contributed by atoms with Crippen LogP contribution in [0, 0.1) is 6.57 Å². The van der Waals surface area contributed by atoms with Crippen molar-refractivity contribution in [3.63, 3.8) is 0 Å². The second kappa shape index (κ2) is 15.8. The molecular weight excluding hydrogens is 558 g/mol. The Labute approximate surface area is 232 Å². The van der Waals surface area contributed by atoms with Crippen molar-refractivity contribution in [2.24, 2.45) is 0 Å². The molecule has 0 aliphatic heterocycles. The second-order valence-corrected chi connectivity index (χ2v) is 7.97. The predicted octanol–water partition coefficient (Wildman–Crippen LogP) is 8.38. The standard InChI is InChI=1S/C15H10F3N.C13H10F3N.CO2.ClH/c1-19-14-7-5-11(6-8-14)9-12-3-2-4-13(10-12)15(16,17)18;14-13(15,16)12-5-1-3-10(8-12)7-11-4-2-6-17-9-11;2-1-3;/h2-8,10H,9H2;1-6,8-9H,7H2;;1H. The highest BCUT2D eigenvalue weighted by Gasteiger charge is 2.31. The van der Waals surface area contributed by atoms with E-state index in [1.165, 1.54) is 18.2 Å². The molecule has 0 N–H and O–H groups in total. The molecule has 0 bridgehead atoms. The van der Waals surface area contributed by atoms with Crippen LogP contribution in [0.5, 0.6) is 0 Å². The summed E-state index contributed by atoms with van der Waals surface area (Å²) in [4.78, 5) is 23.4. The molecule has 1 heterocycles. The van der Waals surface area contributed by atoms with Gasteiger partial charge in [-0.25, -0.2) is 4.85 Å². The van der Waals surface area contributed by atoms with Gasteiger partial charge in [-0.05, 0) is 53.3 Å². The van der Waals surface area contributed by atoms with Crippen LogP contribution in [0.3, 0.4) is 0 Å². The average Bonchev–Trinajstić information content (AvgIpc) is 2.90. The van der Waals surface area contributed by atoms with Crippen molar-refractivity contribution in [3.8, 4) is 0 Å². The minimum absolute atomic E-state index is 0. The topological polar surface area (TPSA) is 51.4 Å². The maximum absolute atomic E-state index is 12.6. The van der Waals surface area contributed by atoms with E-state index in [9.17, 15) is 26.3 Å². The normalized spacial score (nSPS) is 10.3. The summed E-state index contributed by atoms with van der Waals surface area (Å²) in [6.45, 7) is 6.83. The lowest BCUT2D eigenvalue weighted by Gasteiger charge is -2.08. The molecule has 0 radical (unpaired) electrons. The lowest BCUT2D eigenvalue weighted by atomic mass is 10.0. The Morgan fingerprint density at radius 1 is 0.675 bits per heavy atom. The van der Waals surface area contributed by atoms with Crippen LogP contribution >= 0.6 is 12.4 Å². The van der Waals surface area contributed by atoms with Gasteiger partial charge in [0.25, 0.3) is 0 Å². The molecule has 4 nitrogen and oxygen atoms in total. The van der Waals surface area contributed by atoms with Crippen LogP contribution in [0.25, 0.3) is 4.85 Å². The number of nitrogens with zero attached hydrogens (tertiary/aromatic N) is 2. The zero-order valence-electron chi connectivity index (χ0n) is 20.5. The molecule has 0 atom stereocenters. The van der Waals surface area contributed by atoms with Gasteiger partial charge in [0.1, 0.15) is 0 Å². The van der Waals surface area contributed by atoms with Crippen molar-refractivity contribution in [2.75, 3.05) is 0 Å². The van der Waals surface area contributed by atoms with Gasteiger partial charge in [-0.2, -0.15) is 35.9 Å². The molecular formula is C29H21ClF6N2O2. The number of benzene rings is 3. The Kier molecular flexibility index (Phi) is 13.3. The van der Waals surface area contributed by atoms with Crippen molar-refractivity contribution in [3.05, 3.63) is 142 Å². The first-order valence-electron chi connectivity index (χ1n) is 11.1. The summed E-state index contributed by atoms with van der Waals surface area (Å²) in [7, 11) is 0. The monoisotopic (exact) mass is 578 g/mol. The third kappa shape index (κ3) is 11.5.